The maximum atomic E-state index is 13.0. The quantitative estimate of drug-likeness (QED) is 0.0551. The molecule has 0 heterocycles. The topological polar surface area (TPSA) is 103 Å². The van der Waals surface area contributed by atoms with Crippen molar-refractivity contribution in [2.45, 2.75) is 43.1 Å². The van der Waals surface area contributed by atoms with Crippen LogP contribution in [0, 0.1) is 6.92 Å². The summed E-state index contributed by atoms with van der Waals surface area (Å²) in [6.07, 6.45) is 0.0892. The molecular weight excluding hydrogens is 671 g/mol. The second kappa shape index (κ2) is 15.0. The zero-order chi connectivity index (χ0) is 30.9. The molecule has 5 rings (SSSR count). The first-order chi connectivity index (χ1) is 21.4. The van der Waals surface area contributed by atoms with E-state index in [4.69, 9.17) is 14.2 Å². The van der Waals surface area contributed by atoms with Gasteiger partial charge in [0, 0.05) is 0 Å². The van der Waals surface area contributed by atoms with E-state index in [1.165, 1.54) is 5.56 Å². The van der Waals surface area contributed by atoms with E-state index >= 15 is 0 Å². The molecule has 0 saturated carbocycles. The van der Waals surface area contributed by atoms with E-state index in [-0.39, 0.29) is 19.1 Å². The molecule has 0 spiro atoms. The Hall–Kier alpha value is -4.22. The molecule has 9 heteroatoms. The van der Waals surface area contributed by atoms with Gasteiger partial charge in [-0.15, -0.1) is 0 Å². The fraction of sp³-hybridized carbons (Fsp3) is 0.229. The first-order valence-electron chi connectivity index (χ1n) is 14.3. The summed E-state index contributed by atoms with van der Waals surface area (Å²) in [4.78, 5) is 37.0. The van der Waals surface area contributed by atoms with E-state index in [0.717, 1.165) is 33.4 Å². The van der Waals surface area contributed by atoms with E-state index in [1.807, 2.05) is 79.7 Å². The van der Waals surface area contributed by atoms with Crippen LogP contribution < -0.4 is 35.1 Å². The maximum absolute atomic E-state index is 13.0. The van der Waals surface area contributed by atoms with E-state index in [1.54, 1.807) is 6.92 Å². The van der Waals surface area contributed by atoms with Crippen LogP contribution in [0.15, 0.2) is 97.1 Å². The molecule has 1 aliphatic carbocycles. The van der Waals surface area contributed by atoms with Crippen LogP contribution in [0.2, 0.25) is 0 Å². The molecule has 44 heavy (non-hydrogen) atoms. The van der Waals surface area contributed by atoms with Crippen molar-refractivity contribution < 1.29 is 50.1 Å². The molecule has 1 amide bonds. The first-order valence-corrected chi connectivity index (χ1v) is 16.6. The average molecular weight is 706 g/mol. The van der Waals surface area contributed by atoms with Crippen molar-refractivity contribution in [2.75, 3.05) is 6.61 Å². The Kier molecular flexibility index (Phi) is 10.6. The van der Waals surface area contributed by atoms with Gasteiger partial charge >= 0.3 is 244 Å². The third kappa shape index (κ3) is 8.03. The minimum Gasteiger partial charge on any atom is -0.0589 e. The van der Waals surface area contributed by atoms with Crippen LogP contribution in [0.4, 0.5) is 4.79 Å². The molecule has 0 bridgehead atoms. The summed E-state index contributed by atoms with van der Waals surface area (Å²) < 4.78 is 18.9. The average Bonchev–Trinajstić information content (AvgIpc) is 3.38. The van der Waals surface area contributed by atoms with Gasteiger partial charge in [-0.2, -0.15) is 0 Å². The minimum absolute atomic E-state index is 0.0411. The van der Waals surface area contributed by atoms with Gasteiger partial charge in [-0.05, 0) is 6.92 Å². The molecule has 0 radical (unpaired) electrons. The van der Waals surface area contributed by atoms with Crippen molar-refractivity contribution in [3.8, 4) is 16.9 Å². The SMILES string of the molecule is Cc1ccc(COc2ccc(COC(=O)[C@@H](N[C@@H](C)C=O)[I-]NC(=O)OCC3c4ccccc4-c4ccccc43)cc2)cc1. The van der Waals surface area contributed by atoms with Crippen molar-refractivity contribution in [3.05, 3.63) is 125 Å². The molecule has 228 valence electrons. The number of halogens is 1. The number of rotatable bonds is 13. The number of aldehydes is 1. The monoisotopic (exact) mass is 705 g/mol. The molecule has 1 aliphatic rings. The van der Waals surface area contributed by atoms with Gasteiger partial charge in [0.25, 0.3) is 0 Å². The van der Waals surface area contributed by atoms with Crippen molar-refractivity contribution in [3.63, 3.8) is 0 Å². The molecule has 0 saturated heterocycles. The zero-order valence-corrected chi connectivity index (χ0v) is 26.7. The number of benzene rings is 4. The van der Waals surface area contributed by atoms with Crippen LogP contribution >= 0.6 is 0 Å². The summed E-state index contributed by atoms with van der Waals surface area (Å²) in [5, 5.41) is 2.94. The smallest absolute Gasteiger partial charge is 0.0589 e. The van der Waals surface area contributed by atoms with Gasteiger partial charge in [-0.25, -0.2) is 0 Å². The Morgan fingerprint density at radius 2 is 1.41 bits per heavy atom. The molecule has 2 atom stereocenters. The Morgan fingerprint density at radius 3 is 2.05 bits per heavy atom. The number of aryl methyl sites for hydroxylation is 1. The summed E-state index contributed by atoms with van der Waals surface area (Å²) >= 11 is -1.30. The molecule has 8 nitrogen and oxygen atoms in total. The summed E-state index contributed by atoms with van der Waals surface area (Å²) in [7, 11) is 0. The predicted molar refractivity (Wildman–Crippen MR) is 162 cm³/mol. The van der Waals surface area contributed by atoms with Crippen LogP contribution in [0.3, 0.4) is 0 Å². The molecule has 0 aromatic heterocycles. The van der Waals surface area contributed by atoms with Crippen LogP contribution in [-0.2, 0) is 32.3 Å². The van der Waals surface area contributed by atoms with E-state index < -0.39 is 43.6 Å². The van der Waals surface area contributed by atoms with Crippen LogP contribution in [0.5, 0.6) is 5.75 Å². The number of hydrogen-bond donors (Lipinski definition) is 2. The van der Waals surface area contributed by atoms with Gasteiger partial charge in [0.05, 0.1) is 0 Å². The number of alkyl halides is 1. The van der Waals surface area contributed by atoms with Crippen molar-refractivity contribution in [1.29, 1.82) is 0 Å². The van der Waals surface area contributed by atoms with Gasteiger partial charge in [-0.1, -0.05) is 17.7 Å². The van der Waals surface area contributed by atoms with Crippen LogP contribution in [0.1, 0.15) is 40.7 Å². The molecule has 0 fully saturated rings. The summed E-state index contributed by atoms with van der Waals surface area (Å²) in [6, 6.07) is 31.1. The number of amides is 1. The van der Waals surface area contributed by atoms with Gasteiger partial charge < -0.3 is 0 Å². The van der Waals surface area contributed by atoms with Gasteiger partial charge in [-0.3, -0.25) is 0 Å². The van der Waals surface area contributed by atoms with E-state index in [0.29, 0.717) is 18.6 Å². The van der Waals surface area contributed by atoms with E-state index in [2.05, 4.69) is 33.1 Å². The fourth-order valence-electron chi connectivity index (χ4n) is 4.90. The van der Waals surface area contributed by atoms with Crippen LogP contribution in [0.25, 0.3) is 11.1 Å². The number of carbonyl (C=O) groups excluding carboxylic acids is 3. The number of carbonyl (C=O) groups is 3. The van der Waals surface area contributed by atoms with Crippen LogP contribution in [-0.4, -0.2) is 35.0 Å². The van der Waals surface area contributed by atoms with Crippen molar-refractivity contribution in [2.24, 2.45) is 0 Å². The Labute approximate surface area is 267 Å². The van der Waals surface area contributed by atoms with Gasteiger partial charge in [0.1, 0.15) is 0 Å². The van der Waals surface area contributed by atoms with Crippen molar-refractivity contribution >= 4 is 18.3 Å². The zero-order valence-electron chi connectivity index (χ0n) is 24.5. The Morgan fingerprint density at radius 1 is 0.818 bits per heavy atom. The third-order valence-electron chi connectivity index (χ3n) is 7.24. The summed E-state index contributed by atoms with van der Waals surface area (Å²) in [5.41, 5.74) is 7.57. The van der Waals surface area contributed by atoms with Gasteiger partial charge in [0.15, 0.2) is 0 Å². The second-order valence-corrected chi connectivity index (χ2v) is 12.9. The predicted octanol–water partition coefficient (Wildman–Crippen LogP) is 2.66. The number of ether oxygens (including phenoxy) is 3. The molecule has 0 unspecified atom stereocenters. The molecule has 2 N–H and O–H groups in total. The number of esters is 1. The molecule has 4 aromatic rings. The number of fused-ring (bicyclic) bond motifs is 3. The molecule has 4 aromatic carbocycles. The summed E-state index contributed by atoms with van der Waals surface area (Å²) in [6.45, 7) is 4.35. The Bertz CT molecular complexity index is 1550. The third-order valence-corrected chi connectivity index (χ3v) is 9.48. The normalized spacial score (nSPS) is 13.3. The number of hydrogen-bond acceptors (Lipinski definition) is 7. The first kappa shape index (κ1) is 31.2. The standard InChI is InChI=1S/C35H34IN2O6/c1-23-11-13-25(14-12-23)20-42-27-17-15-26(16-18-27)21-43-34(40)33(37-24(2)19-39)36-38-35(41)44-22-32-30-9-5-3-7-28(30)29-8-4-6-10-31(29)32/h3-19,24,32-33,37H,20-22H2,1-2H3,(H,38,41)/q-1/t24-,33+/m0/s1. The second-order valence-electron chi connectivity index (χ2n) is 10.5. The molecular formula is C35H34IN2O6-. The Balaban J connectivity index is 1.11. The van der Waals surface area contributed by atoms with E-state index in [9.17, 15) is 14.4 Å². The fourth-order valence-corrected chi connectivity index (χ4v) is 6.80. The van der Waals surface area contributed by atoms with Crippen molar-refractivity contribution in [1.82, 2.24) is 8.85 Å². The molecule has 0 aliphatic heterocycles. The summed E-state index contributed by atoms with van der Waals surface area (Å²) in [5.74, 6) is 0.0861. The minimum atomic E-state index is -1.30. The number of nitrogens with one attached hydrogen (secondary N) is 2. The van der Waals surface area contributed by atoms with Gasteiger partial charge in [0.2, 0.25) is 0 Å².